The lowest BCUT2D eigenvalue weighted by Gasteiger charge is -2.12. The fourth-order valence-electron chi connectivity index (χ4n) is 2.02. The summed E-state index contributed by atoms with van der Waals surface area (Å²) >= 11 is 0. The SMILES string of the molecule is COc1ccccc1NC(=O)C(=O)NC[C@H]1CCCO1. The third-order valence-electron chi connectivity index (χ3n) is 3.08. The molecular formula is C14H18N2O4. The number of hydrogen-bond donors (Lipinski definition) is 2. The maximum Gasteiger partial charge on any atom is 0.313 e. The second-order valence-electron chi connectivity index (χ2n) is 4.50. The van der Waals surface area contributed by atoms with Crippen molar-refractivity contribution in [3.05, 3.63) is 24.3 Å². The quantitative estimate of drug-likeness (QED) is 0.803. The van der Waals surface area contributed by atoms with Crippen LogP contribution in [0.15, 0.2) is 24.3 Å². The zero-order valence-corrected chi connectivity index (χ0v) is 11.3. The Kier molecular flexibility index (Phi) is 4.95. The molecule has 108 valence electrons. The van der Waals surface area contributed by atoms with Crippen LogP contribution in [0.1, 0.15) is 12.8 Å². The van der Waals surface area contributed by atoms with Crippen molar-refractivity contribution in [3.8, 4) is 5.75 Å². The largest absolute Gasteiger partial charge is 0.495 e. The third-order valence-corrected chi connectivity index (χ3v) is 3.08. The summed E-state index contributed by atoms with van der Waals surface area (Å²) in [6.45, 7) is 1.08. The molecule has 2 rings (SSSR count). The number of benzene rings is 1. The van der Waals surface area contributed by atoms with Gasteiger partial charge in [-0.3, -0.25) is 9.59 Å². The molecule has 1 atom stereocenters. The lowest BCUT2D eigenvalue weighted by atomic mass is 10.2. The van der Waals surface area contributed by atoms with E-state index in [4.69, 9.17) is 9.47 Å². The number of anilines is 1. The van der Waals surface area contributed by atoms with E-state index < -0.39 is 11.8 Å². The Morgan fingerprint density at radius 1 is 1.35 bits per heavy atom. The standard InChI is InChI=1S/C14H18N2O4/c1-19-12-7-3-2-6-11(12)16-14(18)13(17)15-9-10-5-4-8-20-10/h2-3,6-7,10H,4-5,8-9H2,1H3,(H,15,17)(H,16,18)/t10-/m1/s1. The summed E-state index contributed by atoms with van der Waals surface area (Å²) in [4.78, 5) is 23.5. The van der Waals surface area contributed by atoms with E-state index in [0.717, 1.165) is 12.8 Å². The Labute approximate surface area is 117 Å². The number of amides is 2. The Hall–Kier alpha value is -2.08. The minimum atomic E-state index is -0.715. The second-order valence-corrected chi connectivity index (χ2v) is 4.50. The van der Waals surface area contributed by atoms with Gasteiger partial charge in [0.05, 0.1) is 18.9 Å². The number of hydrogen-bond acceptors (Lipinski definition) is 4. The Balaban J connectivity index is 1.85. The van der Waals surface area contributed by atoms with Gasteiger partial charge >= 0.3 is 11.8 Å². The molecule has 20 heavy (non-hydrogen) atoms. The first-order chi connectivity index (χ1) is 9.70. The van der Waals surface area contributed by atoms with Crippen LogP contribution in [0.3, 0.4) is 0 Å². The van der Waals surface area contributed by atoms with Crippen molar-refractivity contribution in [2.24, 2.45) is 0 Å². The van der Waals surface area contributed by atoms with Crippen LogP contribution in [0.2, 0.25) is 0 Å². The van der Waals surface area contributed by atoms with E-state index in [2.05, 4.69) is 10.6 Å². The molecule has 1 aromatic carbocycles. The number of carbonyl (C=O) groups is 2. The normalized spacial score (nSPS) is 17.6. The predicted molar refractivity (Wildman–Crippen MR) is 73.6 cm³/mol. The highest BCUT2D eigenvalue weighted by atomic mass is 16.5. The second kappa shape index (κ2) is 6.91. The number of nitrogens with one attached hydrogen (secondary N) is 2. The Morgan fingerprint density at radius 2 is 2.15 bits per heavy atom. The van der Waals surface area contributed by atoms with Gasteiger partial charge in [0.25, 0.3) is 0 Å². The molecule has 2 amide bonds. The molecule has 0 radical (unpaired) electrons. The number of ether oxygens (including phenoxy) is 2. The molecule has 0 saturated carbocycles. The molecule has 2 N–H and O–H groups in total. The summed E-state index contributed by atoms with van der Waals surface area (Å²) in [7, 11) is 1.50. The molecule has 0 aliphatic carbocycles. The van der Waals surface area contributed by atoms with Crippen LogP contribution < -0.4 is 15.4 Å². The van der Waals surface area contributed by atoms with Gasteiger partial charge in [0, 0.05) is 13.2 Å². The van der Waals surface area contributed by atoms with Gasteiger partial charge in [-0.15, -0.1) is 0 Å². The first-order valence-corrected chi connectivity index (χ1v) is 6.54. The van der Waals surface area contributed by atoms with Gasteiger partial charge in [0.2, 0.25) is 0 Å². The van der Waals surface area contributed by atoms with Crippen molar-refractivity contribution >= 4 is 17.5 Å². The summed E-state index contributed by atoms with van der Waals surface area (Å²) < 4.78 is 10.5. The number of methoxy groups -OCH3 is 1. The molecule has 1 heterocycles. The van der Waals surface area contributed by atoms with Crippen LogP contribution in [0.5, 0.6) is 5.75 Å². The van der Waals surface area contributed by atoms with Crippen LogP contribution in [-0.4, -0.2) is 38.2 Å². The lowest BCUT2D eigenvalue weighted by Crippen LogP contribution is -2.39. The highest BCUT2D eigenvalue weighted by Gasteiger charge is 2.19. The topological polar surface area (TPSA) is 76.7 Å². The van der Waals surface area contributed by atoms with E-state index in [-0.39, 0.29) is 6.10 Å². The molecule has 0 spiro atoms. The Bertz CT molecular complexity index is 484. The van der Waals surface area contributed by atoms with Crippen LogP contribution in [0.25, 0.3) is 0 Å². The van der Waals surface area contributed by atoms with E-state index >= 15 is 0 Å². The molecule has 6 heteroatoms. The van der Waals surface area contributed by atoms with Crippen LogP contribution in [0.4, 0.5) is 5.69 Å². The molecule has 1 fully saturated rings. The van der Waals surface area contributed by atoms with Crippen molar-refractivity contribution in [1.29, 1.82) is 0 Å². The first kappa shape index (κ1) is 14.3. The van der Waals surface area contributed by atoms with Crippen molar-refractivity contribution in [3.63, 3.8) is 0 Å². The lowest BCUT2D eigenvalue weighted by molar-refractivity contribution is -0.136. The van der Waals surface area contributed by atoms with Gasteiger partial charge in [-0.1, -0.05) is 12.1 Å². The van der Waals surface area contributed by atoms with Crippen molar-refractivity contribution in [2.45, 2.75) is 18.9 Å². The molecule has 1 aliphatic heterocycles. The Morgan fingerprint density at radius 3 is 2.85 bits per heavy atom. The van der Waals surface area contributed by atoms with Gasteiger partial charge in [-0.25, -0.2) is 0 Å². The summed E-state index contributed by atoms with van der Waals surface area (Å²) in [5.74, 6) is -0.883. The first-order valence-electron chi connectivity index (χ1n) is 6.54. The molecule has 6 nitrogen and oxygen atoms in total. The minimum Gasteiger partial charge on any atom is -0.495 e. The van der Waals surface area contributed by atoms with Gasteiger partial charge in [-0.2, -0.15) is 0 Å². The molecule has 0 aromatic heterocycles. The molecular weight excluding hydrogens is 260 g/mol. The van der Waals surface area contributed by atoms with E-state index in [9.17, 15) is 9.59 Å². The highest BCUT2D eigenvalue weighted by molar-refractivity contribution is 6.39. The number of rotatable bonds is 4. The van der Waals surface area contributed by atoms with E-state index in [1.807, 2.05) is 0 Å². The molecule has 1 saturated heterocycles. The molecule has 0 bridgehead atoms. The highest BCUT2D eigenvalue weighted by Crippen LogP contribution is 2.22. The number of para-hydroxylation sites is 2. The van der Waals surface area contributed by atoms with Crippen LogP contribution in [-0.2, 0) is 14.3 Å². The van der Waals surface area contributed by atoms with Crippen LogP contribution in [0, 0.1) is 0 Å². The zero-order chi connectivity index (χ0) is 14.4. The average molecular weight is 278 g/mol. The summed E-state index contributed by atoms with van der Waals surface area (Å²) in [6.07, 6.45) is 1.92. The molecule has 0 unspecified atom stereocenters. The summed E-state index contributed by atoms with van der Waals surface area (Å²) in [5.41, 5.74) is 0.465. The summed E-state index contributed by atoms with van der Waals surface area (Å²) in [5, 5.41) is 5.09. The van der Waals surface area contributed by atoms with Crippen molar-refractivity contribution in [1.82, 2.24) is 5.32 Å². The maximum absolute atomic E-state index is 11.8. The van der Waals surface area contributed by atoms with Crippen LogP contribution >= 0.6 is 0 Å². The maximum atomic E-state index is 11.8. The van der Waals surface area contributed by atoms with E-state index in [0.29, 0.717) is 24.6 Å². The van der Waals surface area contributed by atoms with E-state index in [1.165, 1.54) is 7.11 Å². The van der Waals surface area contributed by atoms with Gasteiger partial charge in [-0.05, 0) is 25.0 Å². The van der Waals surface area contributed by atoms with Gasteiger partial charge < -0.3 is 20.1 Å². The summed E-state index contributed by atoms with van der Waals surface area (Å²) in [6, 6.07) is 6.92. The fraction of sp³-hybridized carbons (Fsp3) is 0.429. The van der Waals surface area contributed by atoms with Crippen molar-refractivity contribution in [2.75, 3.05) is 25.6 Å². The fourth-order valence-corrected chi connectivity index (χ4v) is 2.02. The van der Waals surface area contributed by atoms with Crippen molar-refractivity contribution < 1.29 is 19.1 Å². The zero-order valence-electron chi connectivity index (χ0n) is 11.3. The van der Waals surface area contributed by atoms with E-state index in [1.54, 1.807) is 24.3 Å². The average Bonchev–Trinajstić information content (AvgIpc) is 2.98. The molecule has 1 aromatic rings. The minimum absolute atomic E-state index is 0.0120. The molecule has 1 aliphatic rings. The monoisotopic (exact) mass is 278 g/mol. The van der Waals surface area contributed by atoms with Gasteiger partial charge in [0.1, 0.15) is 5.75 Å². The van der Waals surface area contributed by atoms with Gasteiger partial charge in [0.15, 0.2) is 0 Å². The smallest absolute Gasteiger partial charge is 0.313 e. The number of carbonyl (C=O) groups excluding carboxylic acids is 2. The predicted octanol–water partition coefficient (Wildman–Crippen LogP) is 0.929. The third kappa shape index (κ3) is 3.71.